The topological polar surface area (TPSA) is 92.8 Å². The van der Waals surface area contributed by atoms with Gasteiger partial charge in [-0.1, -0.05) is 0 Å². The number of ether oxygens (including phenoxy) is 1. The summed E-state index contributed by atoms with van der Waals surface area (Å²) >= 11 is 1.40. The van der Waals surface area contributed by atoms with E-state index in [9.17, 15) is 9.18 Å². The number of amides is 1. The van der Waals surface area contributed by atoms with Gasteiger partial charge in [-0.05, 0) is 24.3 Å². The fourth-order valence-electron chi connectivity index (χ4n) is 1.92. The van der Waals surface area contributed by atoms with Crippen molar-refractivity contribution in [2.75, 3.05) is 13.2 Å². The van der Waals surface area contributed by atoms with E-state index in [4.69, 9.17) is 4.74 Å². The van der Waals surface area contributed by atoms with Gasteiger partial charge in [0.2, 0.25) is 5.91 Å². The van der Waals surface area contributed by atoms with E-state index in [0.717, 1.165) is 0 Å². The molecule has 3 rings (SSSR count). The summed E-state index contributed by atoms with van der Waals surface area (Å²) < 4.78 is 18.2. The van der Waals surface area contributed by atoms with Crippen LogP contribution in [0.25, 0.3) is 10.8 Å². The van der Waals surface area contributed by atoms with Gasteiger partial charge in [-0.3, -0.25) is 9.89 Å². The summed E-state index contributed by atoms with van der Waals surface area (Å²) in [5.41, 5.74) is 0.670. The summed E-state index contributed by atoms with van der Waals surface area (Å²) in [7, 11) is 0. The van der Waals surface area contributed by atoms with Crippen LogP contribution in [-0.4, -0.2) is 39.2 Å². The van der Waals surface area contributed by atoms with E-state index in [0.29, 0.717) is 35.4 Å². The summed E-state index contributed by atoms with van der Waals surface area (Å²) in [6, 6.07) is 5.72. The molecule has 0 fully saturated rings. The molecule has 9 heteroatoms. The lowest BCUT2D eigenvalue weighted by Gasteiger charge is -2.07. The van der Waals surface area contributed by atoms with Gasteiger partial charge in [0.25, 0.3) is 0 Å². The Morgan fingerprint density at radius 1 is 1.33 bits per heavy atom. The molecule has 0 aliphatic carbocycles. The van der Waals surface area contributed by atoms with Crippen LogP contribution in [0, 0.1) is 5.82 Å². The van der Waals surface area contributed by atoms with E-state index in [1.807, 2.05) is 5.38 Å². The molecule has 3 aromatic rings. The van der Waals surface area contributed by atoms with Gasteiger partial charge in [-0.15, -0.1) is 11.3 Å². The first-order valence-electron chi connectivity index (χ1n) is 7.16. The van der Waals surface area contributed by atoms with E-state index in [1.54, 1.807) is 0 Å². The van der Waals surface area contributed by atoms with Gasteiger partial charge in [0.1, 0.15) is 24.5 Å². The second kappa shape index (κ2) is 7.64. The Balaban J connectivity index is 1.40. The molecule has 0 aliphatic heterocycles. The molecule has 0 aliphatic rings. The molecule has 0 saturated carbocycles. The molecule has 0 unspecified atom stereocenters. The molecule has 124 valence electrons. The van der Waals surface area contributed by atoms with Crippen LogP contribution in [-0.2, 0) is 11.2 Å². The Morgan fingerprint density at radius 3 is 2.92 bits per heavy atom. The van der Waals surface area contributed by atoms with Crippen LogP contribution in [0.5, 0.6) is 5.75 Å². The number of rotatable bonds is 7. The molecule has 2 aromatic heterocycles. The molecule has 0 spiro atoms. The highest BCUT2D eigenvalue weighted by Crippen LogP contribution is 2.19. The maximum Gasteiger partial charge on any atom is 0.226 e. The van der Waals surface area contributed by atoms with Crippen molar-refractivity contribution in [2.45, 2.75) is 6.42 Å². The Hall–Kier alpha value is -2.81. The maximum atomic E-state index is 12.8. The van der Waals surface area contributed by atoms with Crippen molar-refractivity contribution in [1.29, 1.82) is 0 Å². The minimum atomic E-state index is -0.316. The normalized spacial score (nSPS) is 10.5. The van der Waals surface area contributed by atoms with E-state index < -0.39 is 0 Å². The van der Waals surface area contributed by atoms with Gasteiger partial charge >= 0.3 is 0 Å². The highest BCUT2D eigenvalue weighted by molar-refractivity contribution is 7.13. The number of nitrogens with zero attached hydrogens (tertiary/aromatic N) is 3. The fraction of sp³-hybridized carbons (Fsp3) is 0.200. The van der Waals surface area contributed by atoms with Crippen molar-refractivity contribution in [1.82, 2.24) is 25.5 Å². The van der Waals surface area contributed by atoms with Crippen molar-refractivity contribution in [2.24, 2.45) is 0 Å². The molecule has 2 N–H and O–H groups in total. The molecule has 1 aromatic carbocycles. The van der Waals surface area contributed by atoms with Crippen LogP contribution >= 0.6 is 11.3 Å². The zero-order valence-electron chi connectivity index (χ0n) is 12.5. The molecule has 0 atom stereocenters. The summed E-state index contributed by atoms with van der Waals surface area (Å²) in [4.78, 5) is 20.2. The Morgan fingerprint density at radius 2 is 2.17 bits per heavy atom. The number of aromatic amines is 1. The molecule has 1 amide bonds. The summed E-state index contributed by atoms with van der Waals surface area (Å²) in [5, 5.41) is 11.7. The number of benzene rings is 1. The Bertz CT molecular complexity index is 789. The number of thiazole rings is 1. The molecular weight excluding hydrogens is 333 g/mol. The predicted octanol–water partition coefficient (Wildman–Crippen LogP) is 1.80. The van der Waals surface area contributed by atoms with Crippen molar-refractivity contribution in [3.05, 3.63) is 47.5 Å². The first kappa shape index (κ1) is 16.1. The number of H-pyrrole nitrogens is 1. The van der Waals surface area contributed by atoms with E-state index in [-0.39, 0.29) is 18.1 Å². The van der Waals surface area contributed by atoms with Gasteiger partial charge in [0.05, 0.1) is 18.7 Å². The number of hydrogen-bond acceptors (Lipinski definition) is 6. The highest BCUT2D eigenvalue weighted by Gasteiger charge is 2.10. The molecule has 24 heavy (non-hydrogen) atoms. The first-order valence-corrected chi connectivity index (χ1v) is 8.04. The lowest BCUT2D eigenvalue weighted by Crippen LogP contribution is -2.29. The quantitative estimate of drug-likeness (QED) is 0.636. The molecule has 2 heterocycles. The molecule has 7 nitrogen and oxygen atoms in total. The zero-order chi connectivity index (χ0) is 16.8. The van der Waals surface area contributed by atoms with Crippen LogP contribution in [0.2, 0.25) is 0 Å². The fourth-order valence-corrected chi connectivity index (χ4v) is 2.69. The molecule has 0 saturated heterocycles. The number of carbonyl (C=O) groups is 1. The van der Waals surface area contributed by atoms with Gasteiger partial charge in [0, 0.05) is 5.38 Å². The number of halogens is 1. The Labute approximate surface area is 140 Å². The SMILES string of the molecule is O=C(Cc1csc(-c2ncn[nH]2)n1)NCCOc1ccc(F)cc1. The van der Waals surface area contributed by atoms with E-state index in [2.05, 4.69) is 25.5 Å². The minimum Gasteiger partial charge on any atom is -0.492 e. The second-order valence-corrected chi connectivity index (χ2v) is 5.67. The Kier molecular flexibility index (Phi) is 5.12. The number of aromatic nitrogens is 4. The van der Waals surface area contributed by atoms with Crippen molar-refractivity contribution < 1.29 is 13.9 Å². The van der Waals surface area contributed by atoms with Crippen molar-refractivity contribution in [3.8, 4) is 16.6 Å². The standard InChI is InChI=1S/C15H14FN5O2S/c16-10-1-3-12(4-2-10)23-6-5-17-13(22)7-11-8-24-15(20-11)14-18-9-19-21-14/h1-4,8-9H,5-7H2,(H,17,22)(H,18,19,21). The molecular formula is C15H14FN5O2S. The summed E-state index contributed by atoms with van der Waals surface area (Å²) in [6.07, 6.45) is 1.59. The lowest BCUT2D eigenvalue weighted by atomic mass is 10.3. The lowest BCUT2D eigenvalue weighted by molar-refractivity contribution is -0.120. The second-order valence-electron chi connectivity index (χ2n) is 4.81. The third-order valence-corrected chi connectivity index (χ3v) is 3.92. The zero-order valence-corrected chi connectivity index (χ0v) is 13.3. The minimum absolute atomic E-state index is 0.146. The van der Waals surface area contributed by atoms with Crippen LogP contribution in [0.15, 0.2) is 36.0 Å². The third-order valence-electron chi connectivity index (χ3n) is 3.02. The number of carbonyl (C=O) groups excluding carboxylic acids is 1. The van der Waals surface area contributed by atoms with Gasteiger partial charge in [0.15, 0.2) is 10.8 Å². The van der Waals surface area contributed by atoms with Gasteiger partial charge in [-0.25, -0.2) is 14.4 Å². The van der Waals surface area contributed by atoms with Crippen LogP contribution < -0.4 is 10.1 Å². The predicted molar refractivity (Wildman–Crippen MR) is 86.1 cm³/mol. The highest BCUT2D eigenvalue weighted by atomic mass is 32.1. The largest absolute Gasteiger partial charge is 0.492 e. The molecule has 0 bridgehead atoms. The van der Waals surface area contributed by atoms with Gasteiger partial charge in [-0.2, -0.15) is 5.10 Å². The summed E-state index contributed by atoms with van der Waals surface area (Å²) in [5.74, 6) is 0.678. The monoisotopic (exact) mass is 347 g/mol. The maximum absolute atomic E-state index is 12.8. The number of hydrogen-bond donors (Lipinski definition) is 2. The average Bonchev–Trinajstić information content (AvgIpc) is 3.24. The van der Waals surface area contributed by atoms with Crippen LogP contribution in [0.1, 0.15) is 5.69 Å². The third kappa shape index (κ3) is 4.35. The smallest absolute Gasteiger partial charge is 0.226 e. The average molecular weight is 347 g/mol. The number of nitrogens with one attached hydrogen (secondary N) is 2. The summed E-state index contributed by atoms with van der Waals surface area (Å²) in [6.45, 7) is 0.660. The first-order chi connectivity index (χ1) is 11.7. The van der Waals surface area contributed by atoms with Gasteiger partial charge < -0.3 is 10.1 Å². The van der Waals surface area contributed by atoms with Crippen molar-refractivity contribution in [3.63, 3.8) is 0 Å². The van der Waals surface area contributed by atoms with Crippen LogP contribution in [0.4, 0.5) is 4.39 Å². The molecule has 0 radical (unpaired) electrons. The van der Waals surface area contributed by atoms with Crippen LogP contribution in [0.3, 0.4) is 0 Å². The van der Waals surface area contributed by atoms with Crippen molar-refractivity contribution >= 4 is 17.2 Å². The van der Waals surface area contributed by atoms with E-state index >= 15 is 0 Å². The van der Waals surface area contributed by atoms with E-state index in [1.165, 1.54) is 41.9 Å².